The lowest BCUT2D eigenvalue weighted by Crippen LogP contribution is -2.16. The van der Waals surface area contributed by atoms with Crippen LogP contribution < -0.4 is 14.5 Å². The van der Waals surface area contributed by atoms with Gasteiger partial charge in [0.15, 0.2) is 11.5 Å². The SMILES string of the molecule is c1ccc(N(c2ccc3c(c2)Oc2ccccc2N3c2ccccc2)c2ccc3oc4ccccc4c3c2)cc1. The van der Waals surface area contributed by atoms with Crippen LogP contribution in [0, 0.1) is 0 Å². The molecule has 0 saturated heterocycles. The van der Waals surface area contributed by atoms with E-state index in [0.717, 1.165) is 67.6 Å². The number of fused-ring (bicyclic) bond motifs is 5. The molecular formula is C36H24N2O2. The molecule has 0 aliphatic carbocycles. The number of ether oxygens (including phenoxy) is 1. The van der Waals surface area contributed by atoms with Gasteiger partial charge in [0.05, 0.1) is 11.4 Å². The Morgan fingerprint density at radius 1 is 0.450 bits per heavy atom. The summed E-state index contributed by atoms with van der Waals surface area (Å²) in [5.41, 5.74) is 7.98. The maximum atomic E-state index is 6.52. The van der Waals surface area contributed by atoms with Crippen LogP contribution in [-0.2, 0) is 0 Å². The Morgan fingerprint density at radius 3 is 1.98 bits per heavy atom. The van der Waals surface area contributed by atoms with Crippen molar-refractivity contribution in [2.45, 2.75) is 0 Å². The van der Waals surface area contributed by atoms with Crippen molar-refractivity contribution in [3.05, 3.63) is 146 Å². The number of anilines is 6. The van der Waals surface area contributed by atoms with Crippen molar-refractivity contribution < 1.29 is 9.15 Å². The average molecular weight is 517 g/mol. The molecule has 1 aliphatic rings. The minimum Gasteiger partial charge on any atom is -0.456 e. The minimum absolute atomic E-state index is 0.802. The molecule has 0 unspecified atom stereocenters. The normalized spacial score (nSPS) is 12.2. The summed E-state index contributed by atoms with van der Waals surface area (Å²) in [5.74, 6) is 1.63. The van der Waals surface area contributed by atoms with Crippen molar-refractivity contribution in [1.82, 2.24) is 0 Å². The van der Waals surface area contributed by atoms with Crippen molar-refractivity contribution in [2.24, 2.45) is 0 Å². The predicted molar refractivity (Wildman–Crippen MR) is 163 cm³/mol. The molecule has 0 bridgehead atoms. The lowest BCUT2D eigenvalue weighted by molar-refractivity contribution is 0.477. The van der Waals surface area contributed by atoms with Crippen molar-refractivity contribution in [3.63, 3.8) is 0 Å². The second kappa shape index (κ2) is 9.07. The van der Waals surface area contributed by atoms with Crippen LogP contribution in [0.25, 0.3) is 21.9 Å². The zero-order chi connectivity index (χ0) is 26.5. The second-order valence-electron chi connectivity index (χ2n) is 9.84. The Bertz CT molecular complexity index is 2000. The smallest absolute Gasteiger partial charge is 0.153 e. The van der Waals surface area contributed by atoms with Crippen LogP contribution in [0.5, 0.6) is 11.5 Å². The fourth-order valence-corrected chi connectivity index (χ4v) is 5.62. The topological polar surface area (TPSA) is 28.9 Å². The lowest BCUT2D eigenvalue weighted by atomic mass is 10.1. The average Bonchev–Trinajstić information content (AvgIpc) is 3.39. The van der Waals surface area contributed by atoms with Crippen LogP contribution in [0.3, 0.4) is 0 Å². The third-order valence-electron chi connectivity index (χ3n) is 7.42. The van der Waals surface area contributed by atoms with Gasteiger partial charge in [0.2, 0.25) is 0 Å². The Labute approximate surface area is 231 Å². The first-order valence-corrected chi connectivity index (χ1v) is 13.4. The quantitative estimate of drug-likeness (QED) is 0.233. The Balaban J connectivity index is 1.30. The van der Waals surface area contributed by atoms with Gasteiger partial charge in [0, 0.05) is 39.6 Å². The van der Waals surface area contributed by atoms with E-state index in [9.17, 15) is 0 Å². The maximum Gasteiger partial charge on any atom is 0.153 e. The van der Waals surface area contributed by atoms with E-state index in [1.165, 1.54) is 0 Å². The fourth-order valence-electron chi connectivity index (χ4n) is 5.62. The van der Waals surface area contributed by atoms with Crippen LogP contribution in [0.15, 0.2) is 150 Å². The van der Waals surface area contributed by atoms with E-state index >= 15 is 0 Å². The molecule has 0 radical (unpaired) electrons. The summed E-state index contributed by atoms with van der Waals surface area (Å²) in [6.45, 7) is 0. The van der Waals surface area contributed by atoms with Crippen LogP contribution in [-0.4, -0.2) is 0 Å². The van der Waals surface area contributed by atoms with Crippen molar-refractivity contribution in [1.29, 1.82) is 0 Å². The number of benzene rings is 6. The highest BCUT2D eigenvalue weighted by atomic mass is 16.5. The van der Waals surface area contributed by atoms with Gasteiger partial charge >= 0.3 is 0 Å². The molecule has 0 spiro atoms. The molecule has 190 valence electrons. The molecule has 6 aromatic carbocycles. The summed E-state index contributed by atoms with van der Waals surface area (Å²) in [5, 5.41) is 2.20. The van der Waals surface area contributed by atoms with Gasteiger partial charge in [-0.3, -0.25) is 0 Å². The zero-order valence-corrected chi connectivity index (χ0v) is 21.6. The molecule has 4 nitrogen and oxygen atoms in total. The lowest BCUT2D eigenvalue weighted by Gasteiger charge is -2.34. The number of hydrogen-bond donors (Lipinski definition) is 0. The van der Waals surface area contributed by atoms with Gasteiger partial charge in [-0.15, -0.1) is 0 Å². The minimum atomic E-state index is 0.802. The van der Waals surface area contributed by atoms with Gasteiger partial charge in [0.25, 0.3) is 0 Å². The van der Waals surface area contributed by atoms with E-state index in [4.69, 9.17) is 9.15 Å². The highest BCUT2D eigenvalue weighted by Crippen LogP contribution is 2.52. The van der Waals surface area contributed by atoms with Gasteiger partial charge < -0.3 is 19.0 Å². The standard InChI is InChI=1S/C36H24N2O2/c1-3-11-25(12-4-1)37(27-20-22-34-30(23-27)29-15-7-9-17-33(29)39-34)28-19-21-32-36(24-28)40-35-18-10-8-16-31(35)38(32)26-13-5-2-6-14-26/h1-24H. The van der Waals surface area contributed by atoms with Crippen LogP contribution in [0.2, 0.25) is 0 Å². The zero-order valence-electron chi connectivity index (χ0n) is 21.6. The van der Waals surface area contributed by atoms with E-state index in [-0.39, 0.29) is 0 Å². The van der Waals surface area contributed by atoms with E-state index in [2.05, 4.69) is 113 Å². The maximum absolute atomic E-state index is 6.52. The van der Waals surface area contributed by atoms with Crippen LogP contribution in [0.1, 0.15) is 0 Å². The van der Waals surface area contributed by atoms with E-state index in [1.807, 2.05) is 42.5 Å². The number of hydrogen-bond acceptors (Lipinski definition) is 4. The van der Waals surface area contributed by atoms with E-state index in [0.29, 0.717) is 0 Å². The monoisotopic (exact) mass is 516 g/mol. The third-order valence-corrected chi connectivity index (χ3v) is 7.42. The van der Waals surface area contributed by atoms with Gasteiger partial charge in [0.1, 0.15) is 11.2 Å². The number of para-hydroxylation sites is 5. The molecule has 4 heteroatoms. The predicted octanol–water partition coefficient (Wildman–Crippen LogP) is 10.6. The highest BCUT2D eigenvalue weighted by Gasteiger charge is 2.27. The van der Waals surface area contributed by atoms with Crippen LogP contribution >= 0.6 is 0 Å². The Hall–Kier alpha value is -5.48. The van der Waals surface area contributed by atoms with Crippen molar-refractivity contribution >= 4 is 56.1 Å². The summed E-state index contributed by atoms with van der Waals surface area (Å²) in [6, 6.07) is 50.0. The summed E-state index contributed by atoms with van der Waals surface area (Å²) in [4.78, 5) is 4.52. The first-order chi connectivity index (χ1) is 19.8. The summed E-state index contributed by atoms with van der Waals surface area (Å²) in [6.07, 6.45) is 0. The molecule has 0 fully saturated rings. The first-order valence-electron chi connectivity index (χ1n) is 13.4. The fraction of sp³-hybridized carbons (Fsp3) is 0. The Morgan fingerprint density at radius 2 is 1.10 bits per heavy atom. The summed E-state index contributed by atoms with van der Waals surface area (Å²) >= 11 is 0. The van der Waals surface area contributed by atoms with E-state index in [1.54, 1.807) is 0 Å². The number of rotatable bonds is 4. The molecular weight excluding hydrogens is 492 g/mol. The highest BCUT2D eigenvalue weighted by molar-refractivity contribution is 6.06. The Kier molecular flexibility index (Phi) is 5.10. The molecule has 0 atom stereocenters. The summed E-state index contributed by atoms with van der Waals surface area (Å²) in [7, 11) is 0. The molecule has 0 saturated carbocycles. The van der Waals surface area contributed by atoms with Gasteiger partial charge in [-0.1, -0.05) is 66.7 Å². The third kappa shape index (κ3) is 3.62. The molecule has 1 aliphatic heterocycles. The van der Waals surface area contributed by atoms with Gasteiger partial charge in [-0.25, -0.2) is 0 Å². The number of furan rings is 1. The van der Waals surface area contributed by atoms with Crippen molar-refractivity contribution in [3.8, 4) is 11.5 Å². The number of nitrogens with zero attached hydrogens (tertiary/aromatic N) is 2. The van der Waals surface area contributed by atoms with Crippen LogP contribution in [0.4, 0.5) is 34.1 Å². The van der Waals surface area contributed by atoms with Gasteiger partial charge in [-0.05, 0) is 72.8 Å². The van der Waals surface area contributed by atoms with Crippen molar-refractivity contribution in [2.75, 3.05) is 9.80 Å². The molecule has 8 rings (SSSR count). The molecule has 0 amide bonds. The largest absolute Gasteiger partial charge is 0.456 e. The van der Waals surface area contributed by atoms with E-state index < -0.39 is 0 Å². The first kappa shape index (κ1) is 22.5. The molecule has 2 heterocycles. The second-order valence-corrected chi connectivity index (χ2v) is 9.84. The summed E-state index contributed by atoms with van der Waals surface area (Å²) < 4.78 is 12.6. The molecule has 1 aromatic heterocycles. The molecule has 0 N–H and O–H groups in total. The van der Waals surface area contributed by atoms with Gasteiger partial charge in [-0.2, -0.15) is 0 Å². The molecule has 40 heavy (non-hydrogen) atoms. The molecule has 7 aromatic rings.